The fraction of sp³-hybridized carbons (Fsp3) is 0.615. The van der Waals surface area contributed by atoms with Gasteiger partial charge in [0.05, 0.1) is 17.0 Å². The van der Waals surface area contributed by atoms with Gasteiger partial charge in [0.15, 0.2) is 14.9 Å². The molecule has 0 saturated carbocycles. The summed E-state index contributed by atoms with van der Waals surface area (Å²) in [5.74, 6) is -0.0950. The van der Waals surface area contributed by atoms with E-state index in [1.54, 1.807) is 6.92 Å². The minimum absolute atomic E-state index is 0.126. The van der Waals surface area contributed by atoms with Gasteiger partial charge >= 0.3 is 0 Å². The van der Waals surface area contributed by atoms with Crippen molar-refractivity contribution in [2.75, 3.05) is 11.6 Å². The van der Waals surface area contributed by atoms with Gasteiger partial charge in [-0.1, -0.05) is 20.8 Å². The number of aryl methyl sites for hydroxylation is 1. The Morgan fingerprint density at radius 2 is 1.95 bits per heavy atom. The topological polar surface area (TPSA) is 83.7 Å². The molecule has 0 spiro atoms. The molecule has 0 saturated heterocycles. The molecule has 0 radical (unpaired) electrons. The Hall–Kier alpha value is -1.19. The highest BCUT2D eigenvalue weighted by atomic mass is 35.5. The van der Waals surface area contributed by atoms with Crippen molar-refractivity contribution in [3.05, 3.63) is 16.8 Å². The van der Waals surface area contributed by atoms with Crippen molar-refractivity contribution in [1.82, 2.24) is 10.2 Å². The third-order valence-electron chi connectivity index (χ3n) is 2.99. The molecule has 1 aromatic rings. The van der Waals surface area contributed by atoms with Crippen LogP contribution in [0.3, 0.4) is 0 Å². The fourth-order valence-corrected chi connectivity index (χ4v) is 3.89. The summed E-state index contributed by atoms with van der Waals surface area (Å²) < 4.78 is 24.7. The number of hydrogen-bond donors (Lipinski definition) is 0. The summed E-state index contributed by atoms with van der Waals surface area (Å²) in [5.41, 5.74) is 1.47. The maximum atomic E-state index is 12.3. The van der Waals surface area contributed by atoms with Crippen molar-refractivity contribution in [3.8, 4) is 6.07 Å². The van der Waals surface area contributed by atoms with Crippen LogP contribution in [-0.2, 0) is 22.7 Å². The van der Waals surface area contributed by atoms with Crippen LogP contribution in [0, 0.1) is 17.2 Å². The van der Waals surface area contributed by atoms with Crippen LogP contribution >= 0.6 is 11.6 Å². The molecular weight excluding hydrogens is 298 g/mol. The third-order valence-corrected chi connectivity index (χ3v) is 5.40. The Balaban J connectivity index is 3.43. The van der Waals surface area contributed by atoms with Gasteiger partial charge in [-0.15, -0.1) is 16.7 Å². The Morgan fingerprint density at radius 3 is 2.40 bits per heavy atom. The van der Waals surface area contributed by atoms with Gasteiger partial charge in [-0.05, 0) is 24.3 Å². The molecule has 0 aromatic carbocycles. The molecule has 1 rings (SSSR count). The Kier molecular flexibility index (Phi) is 5.90. The van der Waals surface area contributed by atoms with Crippen LogP contribution in [0.2, 0.25) is 0 Å². The highest BCUT2D eigenvalue weighted by molar-refractivity contribution is 7.91. The van der Waals surface area contributed by atoms with Crippen LogP contribution in [0.5, 0.6) is 0 Å². The second kappa shape index (κ2) is 7.00. The van der Waals surface area contributed by atoms with Crippen molar-refractivity contribution in [2.45, 2.75) is 38.6 Å². The van der Waals surface area contributed by atoms with Gasteiger partial charge in [-0.3, -0.25) is 0 Å². The molecule has 1 atom stereocenters. The van der Waals surface area contributed by atoms with Crippen molar-refractivity contribution in [3.63, 3.8) is 0 Å². The summed E-state index contributed by atoms with van der Waals surface area (Å²) >= 11 is 5.66. The van der Waals surface area contributed by atoms with Gasteiger partial charge in [-0.2, -0.15) is 10.4 Å². The van der Waals surface area contributed by atoms with E-state index >= 15 is 0 Å². The molecule has 110 valence electrons. The van der Waals surface area contributed by atoms with Crippen molar-refractivity contribution >= 4 is 21.4 Å². The van der Waals surface area contributed by atoms with Gasteiger partial charge in [-0.25, -0.2) is 8.42 Å². The van der Waals surface area contributed by atoms with Gasteiger partial charge in [0.2, 0.25) is 0 Å². The van der Waals surface area contributed by atoms with E-state index in [2.05, 4.69) is 10.2 Å². The Bertz CT molecular complexity index is 623. The first-order valence-corrected chi connectivity index (χ1v) is 8.67. The second-order valence-electron chi connectivity index (χ2n) is 4.67. The summed E-state index contributed by atoms with van der Waals surface area (Å²) in [4.78, 5) is 0. The molecule has 1 heterocycles. The maximum absolute atomic E-state index is 12.3. The van der Waals surface area contributed by atoms with E-state index in [-0.39, 0.29) is 28.1 Å². The number of halogens is 1. The van der Waals surface area contributed by atoms with E-state index in [9.17, 15) is 13.7 Å². The van der Waals surface area contributed by atoms with Crippen LogP contribution in [0.25, 0.3) is 0 Å². The number of nitrogens with zero attached hydrogens (tertiary/aromatic N) is 3. The molecular formula is C13H18ClN3O2S. The minimum atomic E-state index is -3.65. The molecule has 0 amide bonds. The van der Waals surface area contributed by atoms with Crippen molar-refractivity contribution < 1.29 is 8.42 Å². The lowest BCUT2D eigenvalue weighted by molar-refractivity contribution is 0.575. The highest BCUT2D eigenvalue weighted by Gasteiger charge is 2.26. The first-order valence-electron chi connectivity index (χ1n) is 6.48. The number of rotatable bonds is 6. The average Bonchev–Trinajstić information content (AvgIpc) is 2.44. The first kappa shape index (κ1) is 16.9. The number of aromatic nitrogens is 2. The van der Waals surface area contributed by atoms with E-state index in [1.165, 1.54) is 0 Å². The van der Waals surface area contributed by atoms with Gasteiger partial charge in [0.1, 0.15) is 6.07 Å². The van der Waals surface area contributed by atoms with Gasteiger partial charge in [0, 0.05) is 5.88 Å². The number of nitriles is 1. The molecule has 20 heavy (non-hydrogen) atoms. The van der Waals surface area contributed by atoms with E-state index < -0.39 is 9.84 Å². The monoisotopic (exact) mass is 315 g/mol. The molecule has 0 aliphatic heterocycles. The Morgan fingerprint density at radius 1 is 1.30 bits per heavy atom. The number of alkyl halides is 1. The molecule has 1 aromatic heterocycles. The van der Waals surface area contributed by atoms with Crippen LogP contribution < -0.4 is 0 Å². The normalized spacial score (nSPS) is 12.9. The molecule has 0 N–H and O–H groups in total. The van der Waals surface area contributed by atoms with Gasteiger partial charge < -0.3 is 0 Å². The lowest BCUT2D eigenvalue weighted by Crippen LogP contribution is -2.19. The lowest BCUT2D eigenvalue weighted by Gasteiger charge is -2.12. The van der Waals surface area contributed by atoms with E-state index in [0.717, 1.165) is 0 Å². The Labute approximate surface area is 124 Å². The smallest absolute Gasteiger partial charge is 0.199 e. The molecule has 0 aliphatic carbocycles. The molecule has 5 nitrogen and oxygen atoms in total. The summed E-state index contributed by atoms with van der Waals surface area (Å²) in [6.45, 7) is 5.51. The van der Waals surface area contributed by atoms with E-state index in [0.29, 0.717) is 24.1 Å². The molecule has 0 fully saturated rings. The summed E-state index contributed by atoms with van der Waals surface area (Å²) in [6, 6.07) is 1.97. The summed E-state index contributed by atoms with van der Waals surface area (Å²) in [7, 11) is -3.65. The minimum Gasteiger partial charge on any atom is -0.222 e. The zero-order chi connectivity index (χ0) is 15.3. The SMILES string of the molecule is CCc1nnc(S(=O)(=O)CC(C)CCl)c(C#N)c1CC. The number of sulfone groups is 1. The van der Waals surface area contributed by atoms with Gasteiger partial charge in [0.25, 0.3) is 0 Å². The third kappa shape index (κ3) is 3.47. The molecule has 0 bridgehead atoms. The predicted molar refractivity (Wildman–Crippen MR) is 77.4 cm³/mol. The van der Waals surface area contributed by atoms with Crippen molar-refractivity contribution in [2.24, 2.45) is 5.92 Å². The molecule has 0 aliphatic rings. The highest BCUT2D eigenvalue weighted by Crippen LogP contribution is 2.22. The maximum Gasteiger partial charge on any atom is 0.199 e. The van der Waals surface area contributed by atoms with E-state index in [4.69, 9.17) is 11.6 Å². The zero-order valence-corrected chi connectivity index (χ0v) is 13.4. The fourth-order valence-electron chi connectivity index (χ4n) is 1.99. The van der Waals surface area contributed by atoms with E-state index in [1.807, 2.05) is 19.9 Å². The quantitative estimate of drug-likeness (QED) is 0.751. The first-order chi connectivity index (χ1) is 9.41. The molecule has 1 unspecified atom stereocenters. The van der Waals surface area contributed by atoms with Crippen LogP contribution in [-0.4, -0.2) is 30.2 Å². The standard InChI is InChI=1S/C13H18ClN3O2S/c1-4-10-11(7-15)13(17-16-12(10)5-2)20(18,19)8-9(3)6-14/h9H,4-6,8H2,1-3H3. The average molecular weight is 316 g/mol. The summed E-state index contributed by atoms with van der Waals surface area (Å²) in [5, 5.41) is 16.8. The second-order valence-corrected chi connectivity index (χ2v) is 6.92. The van der Waals surface area contributed by atoms with Crippen LogP contribution in [0.1, 0.15) is 37.6 Å². The summed E-state index contributed by atoms with van der Waals surface area (Å²) in [6.07, 6.45) is 1.17. The predicted octanol–water partition coefficient (Wildman–Crippen LogP) is 2.12. The molecule has 7 heteroatoms. The number of hydrogen-bond acceptors (Lipinski definition) is 5. The lowest BCUT2D eigenvalue weighted by atomic mass is 10.1. The van der Waals surface area contributed by atoms with Crippen LogP contribution in [0.15, 0.2) is 5.03 Å². The van der Waals surface area contributed by atoms with Crippen molar-refractivity contribution in [1.29, 1.82) is 5.26 Å². The largest absolute Gasteiger partial charge is 0.222 e. The zero-order valence-electron chi connectivity index (χ0n) is 11.9. The van der Waals surface area contributed by atoms with Crippen LogP contribution in [0.4, 0.5) is 0 Å².